The molecular weight excluding hydrogens is 514 g/mol. The third-order valence-electron chi connectivity index (χ3n) is 9.87. The molecule has 2 aromatic rings. The smallest absolute Gasteiger partial charge is 0.343 e. The molecule has 0 spiro atoms. The Morgan fingerprint density at radius 1 is 1.00 bits per heavy atom. The second-order valence-corrected chi connectivity index (χ2v) is 13.7. The van der Waals surface area contributed by atoms with Crippen LogP contribution in [-0.2, 0) is 26.0 Å². The molecule has 5 atom stereocenters. The average Bonchev–Trinajstić information content (AvgIpc) is 3.23. The van der Waals surface area contributed by atoms with E-state index in [4.69, 9.17) is 14.6 Å². The van der Waals surface area contributed by atoms with Crippen molar-refractivity contribution in [2.75, 3.05) is 0 Å². The predicted molar refractivity (Wildman–Crippen MR) is 148 cm³/mol. The highest BCUT2D eigenvalue weighted by atomic mass is 32.2. The van der Waals surface area contributed by atoms with Gasteiger partial charge in [0.05, 0.1) is 10.5 Å². The van der Waals surface area contributed by atoms with Crippen molar-refractivity contribution in [3.05, 3.63) is 59.2 Å². The van der Waals surface area contributed by atoms with Crippen molar-refractivity contribution in [1.82, 2.24) is 0 Å². The van der Waals surface area contributed by atoms with Crippen LogP contribution >= 0.6 is 0 Å². The fourth-order valence-electron chi connectivity index (χ4n) is 7.79. The zero-order chi connectivity index (χ0) is 28.0. The average molecular weight is 554 g/mol. The molecule has 210 valence electrons. The number of hydrogen-bond acceptors (Lipinski definition) is 6. The molecule has 8 heteroatoms. The molecule has 0 unspecified atom stereocenters. The van der Waals surface area contributed by atoms with Crippen molar-refractivity contribution in [3.8, 4) is 5.75 Å². The molecule has 39 heavy (non-hydrogen) atoms. The minimum Gasteiger partial charge on any atom is -0.462 e. The molecule has 5 rings (SSSR count). The Kier molecular flexibility index (Phi) is 7.40. The SMILES string of the molecule is CCCCC(=O)O[C@H]1CC[C@@H]2[C@]1(C)CC[C@@H]1c3ccc(OC(=O)c4ccc(S(N)(=O)=O)cc4)cc3CC[C@@]21C. The first-order chi connectivity index (χ1) is 18.5. The van der Waals surface area contributed by atoms with E-state index in [0.29, 0.717) is 24.0 Å². The molecule has 2 aromatic carbocycles. The Morgan fingerprint density at radius 3 is 2.44 bits per heavy atom. The molecule has 0 saturated heterocycles. The van der Waals surface area contributed by atoms with Gasteiger partial charge in [-0.15, -0.1) is 0 Å². The summed E-state index contributed by atoms with van der Waals surface area (Å²) in [5.74, 6) is 0.810. The zero-order valence-corrected chi connectivity index (χ0v) is 23.9. The van der Waals surface area contributed by atoms with E-state index in [1.165, 1.54) is 35.4 Å². The second kappa shape index (κ2) is 10.4. The van der Waals surface area contributed by atoms with Crippen LogP contribution in [0.4, 0.5) is 0 Å². The van der Waals surface area contributed by atoms with Crippen LogP contribution in [0, 0.1) is 16.7 Å². The van der Waals surface area contributed by atoms with Gasteiger partial charge >= 0.3 is 11.9 Å². The molecule has 2 fully saturated rings. The lowest BCUT2D eigenvalue weighted by atomic mass is 9.48. The van der Waals surface area contributed by atoms with Crippen molar-refractivity contribution in [2.24, 2.45) is 21.9 Å². The molecule has 0 aromatic heterocycles. The number of unbranched alkanes of at least 4 members (excludes halogenated alkanes) is 1. The summed E-state index contributed by atoms with van der Waals surface area (Å²) in [6, 6.07) is 11.4. The maximum Gasteiger partial charge on any atom is 0.343 e. The molecule has 3 aliphatic rings. The second-order valence-electron chi connectivity index (χ2n) is 12.1. The topological polar surface area (TPSA) is 113 Å². The van der Waals surface area contributed by atoms with Gasteiger partial charge in [-0.3, -0.25) is 4.79 Å². The van der Waals surface area contributed by atoms with Gasteiger partial charge in [-0.2, -0.15) is 0 Å². The lowest BCUT2D eigenvalue weighted by Crippen LogP contribution is -2.50. The fourth-order valence-corrected chi connectivity index (χ4v) is 8.31. The van der Waals surface area contributed by atoms with E-state index < -0.39 is 16.0 Å². The van der Waals surface area contributed by atoms with Crippen LogP contribution in [0.2, 0.25) is 0 Å². The minimum atomic E-state index is -3.82. The third kappa shape index (κ3) is 5.13. The van der Waals surface area contributed by atoms with Gasteiger partial charge in [0.25, 0.3) is 0 Å². The van der Waals surface area contributed by atoms with Gasteiger partial charge < -0.3 is 9.47 Å². The summed E-state index contributed by atoms with van der Waals surface area (Å²) in [7, 11) is -3.82. The predicted octanol–water partition coefficient (Wildman–Crippen LogP) is 5.90. The summed E-state index contributed by atoms with van der Waals surface area (Å²) in [6.07, 6.45) is 8.47. The summed E-state index contributed by atoms with van der Waals surface area (Å²) in [4.78, 5) is 25.1. The molecule has 2 N–H and O–H groups in total. The van der Waals surface area contributed by atoms with Crippen molar-refractivity contribution in [3.63, 3.8) is 0 Å². The molecule has 3 aliphatic carbocycles. The lowest BCUT2D eigenvalue weighted by Gasteiger charge is -2.57. The molecule has 0 bridgehead atoms. The van der Waals surface area contributed by atoms with Gasteiger partial charge in [-0.05, 0) is 110 Å². The number of nitrogens with two attached hydrogens (primary N) is 1. The number of aryl methyl sites for hydroxylation is 1. The zero-order valence-electron chi connectivity index (χ0n) is 23.1. The van der Waals surface area contributed by atoms with Crippen molar-refractivity contribution in [1.29, 1.82) is 0 Å². The minimum absolute atomic E-state index is 0.00634. The maximum atomic E-state index is 12.7. The summed E-state index contributed by atoms with van der Waals surface area (Å²) in [5, 5.41) is 5.14. The van der Waals surface area contributed by atoms with Crippen LogP contribution in [0.15, 0.2) is 47.4 Å². The van der Waals surface area contributed by atoms with Crippen LogP contribution in [-0.4, -0.2) is 26.5 Å². The van der Waals surface area contributed by atoms with Crippen molar-refractivity contribution in [2.45, 2.75) is 95.5 Å². The van der Waals surface area contributed by atoms with E-state index in [1.807, 2.05) is 12.1 Å². The summed E-state index contributed by atoms with van der Waals surface area (Å²) < 4.78 is 34.7. The number of primary sulfonamides is 1. The largest absolute Gasteiger partial charge is 0.462 e. The van der Waals surface area contributed by atoms with Gasteiger partial charge in [0.1, 0.15) is 11.9 Å². The fraction of sp³-hybridized carbons (Fsp3) is 0.548. The van der Waals surface area contributed by atoms with Crippen LogP contribution < -0.4 is 9.88 Å². The monoisotopic (exact) mass is 553 g/mol. The first kappa shape index (κ1) is 27.8. The highest BCUT2D eigenvalue weighted by molar-refractivity contribution is 7.89. The first-order valence-electron chi connectivity index (χ1n) is 14.1. The Hall–Kier alpha value is -2.71. The molecule has 0 amide bonds. The number of fused-ring (bicyclic) bond motifs is 5. The van der Waals surface area contributed by atoms with Gasteiger partial charge in [0, 0.05) is 11.8 Å². The van der Waals surface area contributed by atoms with E-state index >= 15 is 0 Å². The van der Waals surface area contributed by atoms with E-state index in [9.17, 15) is 18.0 Å². The number of esters is 2. The molecule has 7 nitrogen and oxygen atoms in total. The van der Waals surface area contributed by atoms with E-state index in [0.717, 1.165) is 51.4 Å². The standard InChI is InChI=1S/C31H39NO6S/c1-4-5-6-28(33)38-27-14-13-26-30(2)17-15-21-19-22(9-12-24(21)25(30)16-18-31(26,27)3)37-29(34)20-7-10-23(11-8-20)39(32,35)36/h7-12,19,25-27H,4-6,13-18H2,1-3H3,(H2,32,35,36)/t25-,26+,27+,30-,31+/m1/s1. The van der Waals surface area contributed by atoms with Gasteiger partial charge in [-0.25, -0.2) is 18.4 Å². The van der Waals surface area contributed by atoms with Crippen LogP contribution in [0.1, 0.15) is 99.5 Å². The normalized spacial score (nSPS) is 29.6. The number of rotatable bonds is 7. The number of benzene rings is 2. The third-order valence-corrected chi connectivity index (χ3v) is 10.8. The number of carbonyl (C=O) groups excluding carboxylic acids is 2. The number of hydrogen-bond donors (Lipinski definition) is 1. The number of carbonyl (C=O) groups is 2. The Morgan fingerprint density at radius 2 is 1.74 bits per heavy atom. The number of sulfonamides is 1. The lowest BCUT2D eigenvalue weighted by molar-refractivity contribution is -0.160. The highest BCUT2D eigenvalue weighted by Gasteiger charge is 2.61. The highest BCUT2D eigenvalue weighted by Crippen LogP contribution is 2.67. The Balaban J connectivity index is 1.30. The quantitative estimate of drug-likeness (QED) is 0.337. The van der Waals surface area contributed by atoms with E-state index in [-0.39, 0.29) is 33.4 Å². The summed E-state index contributed by atoms with van der Waals surface area (Å²) >= 11 is 0. The van der Waals surface area contributed by atoms with Crippen molar-refractivity contribution >= 4 is 22.0 Å². The van der Waals surface area contributed by atoms with E-state index in [1.54, 1.807) is 0 Å². The van der Waals surface area contributed by atoms with Crippen molar-refractivity contribution < 1.29 is 27.5 Å². The van der Waals surface area contributed by atoms with Gasteiger partial charge in [-0.1, -0.05) is 33.3 Å². The number of ether oxygens (including phenoxy) is 2. The molecule has 0 radical (unpaired) electrons. The van der Waals surface area contributed by atoms with Crippen LogP contribution in [0.3, 0.4) is 0 Å². The van der Waals surface area contributed by atoms with Gasteiger partial charge in [0.15, 0.2) is 0 Å². The Bertz CT molecular complexity index is 1370. The first-order valence-corrected chi connectivity index (χ1v) is 15.7. The van der Waals surface area contributed by atoms with Gasteiger partial charge in [0.2, 0.25) is 10.0 Å². The Labute approximate surface area is 231 Å². The molecule has 0 heterocycles. The molecular formula is C31H39NO6S. The van der Waals surface area contributed by atoms with Crippen LogP contribution in [0.5, 0.6) is 5.75 Å². The summed E-state index contributed by atoms with van der Waals surface area (Å²) in [5.41, 5.74) is 2.96. The van der Waals surface area contributed by atoms with E-state index in [2.05, 4.69) is 26.8 Å². The molecule has 0 aliphatic heterocycles. The summed E-state index contributed by atoms with van der Waals surface area (Å²) in [6.45, 7) is 6.87. The molecule has 2 saturated carbocycles. The maximum absolute atomic E-state index is 12.7. The van der Waals surface area contributed by atoms with Crippen LogP contribution in [0.25, 0.3) is 0 Å².